The lowest BCUT2D eigenvalue weighted by Gasteiger charge is -2.26. The van der Waals surface area contributed by atoms with Crippen molar-refractivity contribution in [2.24, 2.45) is 11.5 Å². The number of nitrogens with one attached hydrogen (secondary N) is 1. The first-order valence-corrected chi connectivity index (χ1v) is 36.0. The van der Waals surface area contributed by atoms with Crippen molar-refractivity contribution in [1.82, 2.24) is 28.1 Å². The van der Waals surface area contributed by atoms with Gasteiger partial charge in [-0.2, -0.15) is 18.7 Å². The van der Waals surface area contributed by atoms with Gasteiger partial charge in [-0.1, -0.05) is 30.7 Å². The summed E-state index contributed by atoms with van der Waals surface area (Å²) in [6, 6.07) is 29.9. The molecule has 97 heavy (non-hydrogen) atoms. The molecule has 0 unspecified atom stereocenters. The van der Waals surface area contributed by atoms with Crippen LogP contribution < -0.4 is 72.5 Å². The summed E-state index contributed by atoms with van der Waals surface area (Å²) < 4.78 is 147. The van der Waals surface area contributed by atoms with Gasteiger partial charge in [-0.25, -0.2) is 53.1 Å². The van der Waals surface area contributed by atoms with Gasteiger partial charge in [0.2, 0.25) is 15.4 Å². The molecular formula is C62H74N13O16S6+. The van der Waals surface area contributed by atoms with Crippen LogP contribution in [0.1, 0.15) is 77.6 Å². The van der Waals surface area contributed by atoms with Crippen LogP contribution in [-0.4, -0.2) is 128 Å². The van der Waals surface area contributed by atoms with Crippen LogP contribution in [0.4, 0.5) is 15.4 Å². The predicted octanol–water partition coefficient (Wildman–Crippen LogP) is 7.69. The van der Waals surface area contributed by atoms with Crippen LogP contribution >= 0.6 is 34.6 Å². The van der Waals surface area contributed by atoms with E-state index in [9.17, 15) is 25.3 Å². The quantitative estimate of drug-likeness (QED) is 0.0430. The number of nitrogens with zero attached hydrogens (tertiary/aromatic N) is 9. The van der Waals surface area contributed by atoms with Crippen LogP contribution in [-0.2, 0) is 49.7 Å². The van der Waals surface area contributed by atoms with Crippen molar-refractivity contribution in [1.29, 1.82) is 5.53 Å². The molecule has 3 atom stereocenters. The number of rotatable bonds is 21. The molecule has 3 aromatic heterocycles. The summed E-state index contributed by atoms with van der Waals surface area (Å²) in [4.78, 5) is 12.7. The van der Waals surface area contributed by atoms with E-state index in [-0.39, 0.29) is 61.8 Å². The lowest BCUT2D eigenvalue weighted by molar-refractivity contribution is -0.249. The van der Waals surface area contributed by atoms with Gasteiger partial charge < -0.3 is 59.2 Å². The number of aliphatic hydroxyl groups excluding tert-OH is 1. The lowest BCUT2D eigenvalue weighted by atomic mass is 9.95. The minimum atomic E-state index is -3.98. The van der Waals surface area contributed by atoms with Gasteiger partial charge in [-0.3, -0.25) is 0 Å². The molecule has 0 amide bonds. The Hall–Kier alpha value is -9.07. The van der Waals surface area contributed by atoms with Crippen molar-refractivity contribution in [2.45, 2.75) is 78.5 Å². The van der Waals surface area contributed by atoms with Crippen molar-refractivity contribution in [2.75, 3.05) is 82.5 Å². The third-order valence-electron chi connectivity index (χ3n) is 15.3. The summed E-state index contributed by atoms with van der Waals surface area (Å²) in [7, 11) is -1.66. The number of aliphatic hydroxyl groups is 1. The van der Waals surface area contributed by atoms with Crippen LogP contribution in [0.3, 0.4) is 0 Å². The molecule has 0 spiro atoms. The molecule has 0 saturated carbocycles. The number of methoxy groups -OCH3 is 6. The minimum absolute atomic E-state index is 0.00213. The van der Waals surface area contributed by atoms with Gasteiger partial charge in [0, 0.05) is 131 Å². The Labute approximate surface area is 574 Å². The van der Waals surface area contributed by atoms with Gasteiger partial charge in [0.05, 0.1) is 96.8 Å². The average Bonchev–Trinajstić information content (AvgIpc) is 1.58. The molecule has 3 aliphatic heterocycles. The number of fused-ring (bicyclic) bond motifs is 3. The fourth-order valence-corrected chi connectivity index (χ4v) is 16.7. The summed E-state index contributed by atoms with van der Waals surface area (Å²) in [5.41, 5.74) is 25.8. The maximum Gasteiger partial charge on any atom is 0.266 e. The fourth-order valence-electron chi connectivity index (χ4n) is 10.2. The summed E-state index contributed by atoms with van der Waals surface area (Å²) in [5, 5.41) is 7.76. The van der Waals surface area contributed by atoms with Crippen molar-refractivity contribution in [3.05, 3.63) is 162 Å². The molecule has 9 aromatic rings. The number of hydrogen-bond acceptors (Lipinski definition) is 28. The second-order valence-electron chi connectivity index (χ2n) is 20.9. The first-order valence-electron chi connectivity index (χ1n) is 29.4. The smallest absolute Gasteiger partial charge is 0.266 e. The number of anilines is 3. The molecule has 0 aliphatic carbocycles. The van der Waals surface area contributed by atoms with E-state index in [2.05, 4.69) is 40.5 Å². The van der Waals surface area contributed by atoms with Gasteiger partial charge in [0.25, 0.3) is 30.1 Å². The zero-order chi connectivity index (χ0) is 70.0. The molecular weight excluding hydrogens is 1380 g/mol. The zero-order valence-corrected chi connectivity index (χ0v) is 58.9. The molecule has 29 nitrogen and oxygen atoms in total. The van der Waals surface area contributed by atoms with Crippen LogP contribution in [0.2, 0.25) is 0 Å². The Morgan fingerprint density at radius 1 is 0.464 bits per heavy atom. The zero-order valence-electron chi connectivity index (χ0n) is 54.0. The van der Waals surface area contributed by atoms with E-state index in [0.717, 1.165) is 64.8 Å². The van der Waals surface area contributed by atoms with Crippen LogP contribution in [0.15, 0.2) is 143 Å². The Kier molecular flexibility index (Phi) is 25.6. The molecule has 6 heterocycles. The minimum Gasteiger partial charge on any atom is -0.497 e. The highest BCUT2D eigenvalue weighted by atomic mass is 32.2. The molecule has 0 radical (unpaired) electrons. The fraction of sp³-hybridized carbons (Fsp3) is 0.323. The molecule has 3 aliphatic rings. The Bertz CT molecular complexity index is 3970. The topological polar surface area (TPSA) is 394 Å². The summed E-state index contributed by atoms with van der Waals surface area (Å²) >= 11 is 2.99. The van der Waals surface area contributed by atoms with Crippen LogP contribution in [0, 0.1) is 5.53 Å². The third kappa shape index (κ3) is 17.0. The normalized spacial score (nSPS) is 15.1. The summed E-state index contributed by atoms with van der Waals surface area (Å²) in [6.07, 6.45) is 6.27. The first-order chi connectivity index (χ1) is 46.8. The number of benzene rings is 6. The third-order valence-corrected chi connectivity index (χ3v) is 23.0. The number of ether oxygens (including phenoxy) is 9. The molecule has 518 valence electrons. The van der Waals surface area contributed by atoms with Crippen molar-refractivity contribution >= 4 is 80.1 Å². The van der Waals surface area contributed by atoms with Gasteiger partial charge in [-0.05, 0) is 72.5 Å². The van der Waals surface area contributed by atoms with Gasteiger partial charge in [0.1, 0.15) is 70.7 Å². The Morgan fingerprint density at radius 2 is 0.763 bits per heavy atom. The Morgan fingerprint density at radius 3 is 1.05 bits per heavy atom. The molecule has 12 rings (SSSR count). The van der Waals surface area contributed by atoms with Crippen molar-refractivity contribution in [3.8, 4) is 51.7 Å². The second-order valence-corrected chi connectivity index (χ2v) is 28.7. The standard InChI is InChI=1S/C21H23N3O5S2.2C20H22N4O5S2.CH4O.H2N2/c1-14-8-9-29-20-11-17(6-7-18(14)20)31(25,26)24(21-22-13-23-30-21)12-15-4-5-16(27-2)10-19(15)28-3;2*1-27-14-4-3-13(18(9-14)28-2)11-24(20-22-12-23-30-20)31(25,26)15-5-6-16-17(21)7-8-29-19(16)10-15;2*1-2/h4-7,10-11,13-14H,8-9,12H2,1-3H3;2*3-6,9-10,12,17H,7-8,11,21H2,1-2H3;2H,1H3;1-2H/p+1/t14-;2*17-;;/m100../s1. The summed E-state index contributed by atoms with van der Waals surface area (Å²) in [5.74, 6) is 5.26. The van der Waals surface area contributed by atoms with Crippen LogP contribution in [0.25, 0.3) is 0 Å². The monoisotopic (exact) mass is 1450 g/mol. The van der Waals surface area contributed by atoms with E-state index in [1.807, 2.05) is 6.07 Å². The average molecular weight is 1450 g/mol. The molecule has 8 N–H and O–H groups in total. The van der Waals surface area contributed by atoms with Gasteiger partial charge >= 0.3 is 0 Å². The van der Waals surface area contributed by atoms with Gasteiger partial charge in [0.15, 0.2) is 0 Å². The highest BCUT2D eigenvalue weighted by molar-refractivity contribution is 7.93. The number of aromatic nitrogens is 6. The molecule has 0 fully saturated rings. The number of hydrogen-bond donors (Lipinski definition) is 5. The molecule has 0 saturated heterocycles. The van der Waals surface area contributed by atoms with E-state index in [1.165, 1.54) is 65.4 Å². The van der Waals surface area contributed by atoms with E-state index in [0.29, 0.717) is 107 Å². The van der Waals surface area contributed by atoms with Gasteiger partial charge in [-0.15, -0.1) is 0 Å². The number of nitrogens with two attached hydrogens (primary N) is 3. The van der Waals surface area contributed by atoms with Crippen molar-refractivity contribution < 1.29 is 78.5 Å². The molecule has 35 heteroatoms. The number of sulfonamides is 3. The van der Waals surface area contributed by atoms with Crippen LogP contribution in [0.5, 0.6) is 51.7 Å². The first kappa shape index (κ1) is 73.7. The second kappa shape index (κ2) is 33.7. The maximum absolute atomic E-state index is 13.7. The van der Waals surface area contributed by atoms with E-state index in [1.54, 1.807) is 112 Å². The maximum atomic E-state index is 13.7. The summed E-state index contributed by atoms with van der Waals surface area (Å²) in [6.45, 7) is 3.60. The SMILES string of the molecule is CO.COc1ccc(CN(c2ncns2)S(=O)(=O)c2ccc3c(c2)OCC[C@@H]3N)c(OC)c1.COc1ccc(CN(c2ncns2)S(=O)(=O)c2ccc3c(c2)OCC[C@@H]3N)c(OC)c1.COc1ccc(CN(c2ncns2)S(=O)(=O)c2ccc3c(c2)OCC[C@H]3C)c(OC)c1.N=[NH2+]. The largest absolute Gasteiger partial charge is 0.497 e. The van der Waals surface area contributed by atoms with Crippen molar-refractivity contribution in [3.63, 3.8) is 0 Å². The Balaban J connectivity index is 0.000000181. The molecule has 0 bridgehead atoms. The molecule has 6 aromatic carbocycles. The van der Waals surface area contributed by atoms with E-state index < -0.39 is 30.1 Å². The highest BCUT2D eigenvalue weighted by Crippen LogP contribution is 2.41. The lowest BCUT2D eigenvalue weighted by Crippen LogP contribution is -2.31. The predicted molar refractivity (Wildman–Crippen MR) is 363 cm³/mol. The van der Waals surface area contributed by atoms with E-state index >= 15 is 0 Å². The van der Waals surface area contributed by atoms with E-state index in [4.69, 9.17) is 64.7 Å². The highest BCUT2D eigenvalue weighted by Gasteiger charge is 2.34.